The van der Waals surface area contributed by atoms with E-state index in [2.05, 4.69) is 0 Å². The highest BCUT2D eigenvalue weighted by atomic mass is 16.5. The molecule has 70 valence electrons. The van der Waals surface area contributed by atoms with Crippen molar-refractivity contribution >= 4 is 7.12 Å². The Bertz CT molecular complexity index is 226. The zero-order valence-electron chi connectivity index (χ0n) is 7.39. The van der Waals surface area contributed by atoms with E-state index in [0.717, 1.165) is 5.56 Å². The normalized spacial score (nSPS) is 10.0. The highest BCUT2D eigenvalue weighted by Crippen LogP contribution is 2.00. The zero-order valence-corrected chi connectivity index (χ0v) is 7.39. The number of hydrogen-bond acceptors (Lipinski definition) is 3. The standard InChI is InChI=1S/C9H13BO3/c11-10(12)6-7-13-8-9-4-2-1-3-5-9/h1-5,11-12H,6-8H2. The molecule has 0 unspecified atom stereocenters. The molecule has 3 nitrogen and oxygen atoms in total. The van der Waals surface area contributed by atoms with Crippen LogP contribution in [0.2, 0.25) is 6.32 Å². The van der Waals surface area contributed by atoms with E-state index in [0.29, 0.717) is 13.2 Å². The fourth-order valence-corrected chi connectivity index (χ4v) is 0.953. The molecule has 4 heteroatoms. The van der Waals surface area contributed by atoms with E-state index >= 15 is 0 Å². The minimum Gasteiger partial charge on any atom is -0.427 e. The van der Waals surface area contributed by atoms with E-state index in [1.807, 2.05) is 30.3 Å². The third-order valence-corrected chi connectivity index (χ3v) is 1.63. The average molecular weight is 180 g/mol. The number of benzene rings is 1. The van der Waals surface area contributed by atoms with E-state index < -0.39 is 7.12 Å². The Labute approximate surface area is 78.1 Å². The van der Waals surface area contributed by atoms with Crippen LogP contribution < -0.4 is 0 Å². The third kappa shape index (κ3) is 4.67. The van der Waals surface area contributed by atoms with Crippen molar-refractivity contribution in [2.24, 2.45) is 0 Å². The Hall–Kier alpha value is -0.835. The van der Waals surface area contributed by atoms with Gasteiger partial charge in [-0.05, 0) is 5.56 Å². The minimum absolute atomic E-state index is 0.257. The van der Waals surface area contributed by atoms with Crippen LogP contribution in [-0.2, 0) is 11.3 Å². The first kappa shape index (κ1) is 10.2. The molecule has 1 aromatic carbocycles. The maximum Gasteiger partial charge on any atom is 0.453 e. The lowest BCUT2D eigenvalue weighted by Gasteiger charge is -2.03. The smallest absolute Gasteiger partial charge is 0.427 e. The topological polar surface area (TPSA) is 49.7 Å². The Morgan fingerprint density at radius 3 is 2.46 bits per heavy atom. The molecule has 0 bridgehead atoms. The molecule has 1 rings (SSSR count). The summed E-state index contributed by atoms with van der Waals surface area (Å²) in [6.07, 6.45) is 0.257. The van der Waals surface area contributed by atoms with Gasteiger partial charge >= 0.3 is 7.12 Å². The van der Waals surface area contributed by atoms with Crippen LogP contribution in [0, 0.1) is 0 Å². The largest absolute Gasteiger partial charge is 0.453 e. The van der Waals surface area contributed by atoms with Crippen molar-refractivity contribution < 1.29 is 14.8 Å². The van der Waals surface area contributed by atoms with Gasteiger partial charge in [0.2, 0.25) is 0 Å². The fraction of sp³-hybridized carbons (Fsp3) is 0.333. The van der Waals surface area contributed by atoms with Gasteiger partial charge in [0.15, 0.2) is 0 Å². The van der Waals surface area contributed by atoms with Gasteiger partial charge in [-0.2, -0.15) is 0 Å². The maximum absolute atomic E-state index is 8.53. The van der Waals surface area contributed by atoms with Crippen molar-refractivity contribution in [3.63, 3.8) is 0 Å². The molecule has 0 aliphatic heterocycles. The molecular formula is C9H13BO3. The molecule has 0 saturated carbocycles. The first-order valence-electron chi connectivity index (χ1n) is 4.27. The molecule has 2 N–H and O–H groups in total. The summed E-state index contributed by atoms with van der Waals surface area (Å²) in [7, 11) is -1.27. The lowest BCUT2D eigenvalue weighted by Crippen LogP contribution is -2.13. The molecule has 0 aliphatic rings. The molecule has 0 aromatic heterocycles. The molecule has 1 aromatic rings. The summed E-state index contributed by atoms with van der Waals surface area (Å²) in [6, 6.07) is 9.77. The van der Waals surface area contributed by atoms with Gasteiger partial charge in [0.25, 0.3) is 0 Å². The molecule has 0 amide bonds. The predicted molar refractivity (Wildman–Crippen MR) is 51.1 cm³/mol. The predicted octanol–water partition coefficient (Wildman–Crippen LogP) is 0.676. The van der Waals surface area contributed by atoms with Crippen LogP contribution in [0.3, 0.4) is 0 Å². The minimum atomic E-state index is -1.27. The van der Waals surface area contributed by atoms with Gasteiger partial charge in [-0.25, -0.2) is 0 Å². The summed E-state index contributed by atoms with van der Waals surface area (Å²) in [5, 5.41) is 17.1. The Balaban J connectivity index is 2.13. The van der Waals surface area contributed by atoms with Crippen molar-refractivity contribution in [1.29, 1.82) is 0 Å². The third-order valence-electron chi connectivity index (χ3n) is 1.63. The summed E-state index contributed by atoms with van der Waals surface area (Å²) in [4.78, 5) is 0. The zero-order chi connectivity index (χ0) is 9.52. The van der Waals surface area contributed by atoms with Gasteiger partial charge in [0.1, 0.15) is 0 Å². The van der Waals surface area contributed by atoms with Crippen LogP contribution in [0.15, 0.2) is 30.3 Å². The van der Waals surface area contributed by atoms with Gasteiger partial charge in [0, 0.05) is 12.9 Å². The van der Waals surface area contributed by atoms with Crippen LogP contribution in [0.5, 0.6) is 0 Å². The van der Waals surface area contributed by atoms with Gasteiger partial charge in [-0.3, -0.25) is 0 Å². The van der Waals surface area contributed by atoms with E-state index in [9.17, 15) is 0 Å². The van der Waals surface area contributed by atoms with E-state index in [1.54, 1.807) is 0 Å². The van der Waals surface area contributed by atoms with Crippen molar-refractivity contribution in [2.75, 3.05) is 6.61 Å². The molecule has 0 heterocycles. The van der Waals surface area contributed by atoms with Gasteiger partial charge in [-0.1, -0.05) is 30.3 Å². The van der Waals surface area contributed by atoms with Crippen molar-refractivity contribution in [3.05, 3.63) is 35.9 Å². The summed E-state index contributed by atoms with van der Waals surface area (Å²) in [5.41, 5.74) is 1.09. The lowest BCUT2D eigenvalue weighted by molar-refractivity contribution is 0.129. The second-order valence-electron chi connectivity index (χ2n) is 2.81. The van der Waals surface area contributed by atoms with Gasteiger partial charge in [-0.15, -0.1) is 0 Å². The van der Waals surface area contributed by atoms with Crippen molar-refractivity contribution in [1.82, 2.24) is 0 Å². The second-order valence-corrected chi connectivity index (χ2v) is 2.81. The van der Waals surface area contributed by atoms with Crippen LogP contribution >= 0.6 is 0 Å². The highest BCUT2D eigenvalue weighted by molar-refractivity contribution is 6.41. The van der Waals surface area contributed by atoms with Gasteiger partial charge in [0.05, 0.1) is 6.61 Å². The number of ether oxygens (including phenoxy) is 1. The van der Waals surface area contributed by atoms with E-state index in [4.69, 9.17) is 14.8 Å². The molecule has 0 radical (unpaired) electrons. The highest BCUT2D eigenvalue weighted by Gasteiger charge is 2.04. The Morgan fingerprint density at radius 2 is 1.85 bits per heavy atom. The molecule has 0 aliphatic carbocycles. The monoisotopic (exact) mass is 180 g/mol. The first-order valence-corrected chi connectivity index (χ1v) is 4.27. The summed E-state index contributed by atoms with van der Waals surface area (Å²) in [6.45, 7) is 0.889. The fourth-order valence-electron chi connectivity index (χ4n) is 0.953. The average Bonchev–Trinajstić information content (AvgIpc) is 2.14. The maximum atomic E-state index is 8.53. The van der Waals surface area contributed by atoms with Crippen LogP contribution in [0.1, 0.15) is 5.56 Å². The lowest BCUT2D eigenvalue weighted by atomic mass is 9.87. The van der Waals surface area contributed by atoms with Gasteiger partial charge < -0.3 is 14.8 Å². The molecule has 0 fully saturated rings. The SMILES string of the molecule is OB(O)CCOCc1ccccc1. The molecule has 0 atom stereocenters. The van der Waals surface area contributed by atoms with Crippen LogP contribution in [0.4, 0.5) is 0 Å². The van der Waals surface area contributed by atoms with Crippen molar-refractivity contribution in [2.45, 2.75) is 12.9 Å². The van der Waals surface area contributed by atoms with E-state index in [-0.39, 0.29) is 6.32 Å². The molecule has 13 heavy (non-hydrogen) atoms. The number of rotatable bonds is 5. The quantitative estimate of drug-likeness (QED) is 0.517. The summed E-state index contributed by atoms with van der Waals surface area (Å²) < 4.78 is 5.21. The second kappa shape index (κ2) is 5.75. The van der Waals surface area contributed by atoms with Crippen molar-refractivity contribution in [3.8, 4) is 0 Å². The molecule has 0 spiro atoms. The Morgan fingerprint density at radius 1 is 1.15 bits per heavy atom. The van der Waals surface area contributed by atoms with E-state index in [1.165, 1.54) is 0 Å². The molecule has 0 saturated heterocycles. The summed E-state index contributed by atoms with van der Waals surface area (Å²) in [5.74, 6) is 0. The number of hydrogen-bond donors (Lipinski definition) is 2. The van der Waals surface area contributed by atoms with Crippen LogP contribution in [0.25, 0.3) is 0 Å². The Kier molecular flexibility index (Phi) is 4.53. The molecular weight excluding hydrogens is 167 g/mol. The van der Waals surface area contributed by atoms with Crippen LogP contribution in [-0.4, -0.2) is 23.8 Å². The first-order chi connectivity index (χ1) is 6.29. The summed E-state index contributed by atoms with van der Waals surface area (Å²) >= 11 is 0.